The average Bonchev–Trinajstić information content (AvgIpc) is 2.68. The van der Waals surface area contributed by atoms with E-state index in [9.17, 15) is 4.79 Å². The Hall–Kier alpha value is -0.570. The highest BCUT2D eigenvalue weighted by Crippen LogP contribution is 2.32. The van der Waals surface area contributed by atoms with E-state index in [1.165, 1.54) is 64.2 Å². The average molecular weight is 292 g/mol. The summed E-state index contributed by atoms with van der Waals surface area (Å²) in [6.45, 7) is 2.22. The lowest BCUT2D eigenvalue weighted by atomic mass is 9.88. The lowest BCUT2D eigenvalue weighted by molar-refractivity contribution is -0.123. The van der Waals surface area contributed by atoms with Crippen LogP contribution in [0.2, 0.25) is 0 Å². The van der Waals surface area contributed by atoms with E-state index in [2.05, 4.69) is 17.6 Å². The Morgan fingerprint density at radius 3 is 2.29 bits per heavy atom. The van der Waals surface area contributed by atoms with Gasteiger partial charge in [0, 0.05) is 24.5 Å². The summed E-state index contributed by atoms with van der Waals surface area (Å²) < 4.78 is 0. The van der Waals surface area contributed by atoms with Gasteiger partial charge in [-0.05, 0) is 57.3 Å². The van der Waals surface area contributed by atoms with E-state index in [4.69, 9.17) is 0 Å². The van der Waals surface area contributed by atoms with Crippen molar-refractivity contribution in [1.82, 2.24) is 10.6 Å². The van der Waals surface area contributed by atoms with E-state index in [-0.39, 0.29) is 0 Å². The highest BCUT2D eigenvalue weighted by atomic mass is 16.1. The number of piperidine rings is 1. The van der Waals surface area contributed by atoms with Gasteiger partial charge < -0.3 is 10.6 Å². The zero-order valence-corrected chi connectivity index (χ0v) is 13.6. The predicted octanol–water partition coefficient (Wildman–Crippen LogP) is 3.38. The first-order valence-corrected chi connectivity index (χ1v) is 9.26. The summed E-state index contributed by atoms with van der Waals surface area (Å²) in [6, 6.07) is 1.76. The van der Waals surface area contributed by atoms with Crippen LogP contribution in [-0.2, 0) is 4.79 Å². The Labute approximate surface area is 129 Å². The Kier molecular flexibility index (Phi) is 5.20. The number of fused-ring (bicyclic) bond motifs is 2. The maximum atomic E-state index is 12.4. The second-order valence-corrected chi connectivity index (χ2v) is 7.79. The fourth-order valence-corrected chi connectivity index (χ4v) is 4.85. The third-order valence-corrected chi connectivity index (χ3v) is 6.04. The normalized spacial score (nSPS) is 35.2. The predicted molar refractivity (Wildman–Crippen MR) is 86.1 cm³/mol. The van der Waals surface area contributed by atoms with Gasteiger partial charge in [-0.15, -0.1) is 0 Å². The van der Waals surface area contributed by atoms with Crippen LogP contribution in [0, 0.1) is 11.8 Å². The molecule has 0 spiro atoms. The molecule has 0 aromatic heterocycles. The monoisotopic (exact) mass is 292 g/mol. The summed E-state index contributed by atoms with van der Waals surface area (Å²) in [7, 11) is 0. The Bertz CT molecular complexity index is 337. The number of rotatable bonds is 4. The number of amides is 1. The molecule has 1 aliphatic carbocycles. The van der Waals surface area contributed by atoms with Crippen molar-refractivity contribution in [3.8, 4) is 0 Å². The summed E-state index contributed by atoms with van der Waals surface area (Å²) in [5.74, 6) is 1.63. The van der Waals surface area contributed by atoms with Gasteiger partial charge in [0.2, 0.25) is 5.91 Å². The van der Waals surface area contributed by atoms with Crippen LogP contribution >= 0.6 is 0 Å². The van der Waals surface area contributed by atoms with E-state index < -0.39 is 0 Å². The largest absolute Gasteiger partial charge is 0.353 e. The first kappa shape index (κ1) is 15.3. The van der Waals surface area contributed by atoms with Crippen molar-refractivity contribution in [2.75, 3.05) is 0 Å². The smallest absolute Gasteiger partial charge is 0.220 e. The van der Waals surface area contributed by atoms with Gasteiger partial charge in [0.25, 0.3) is 0 Å². The third kappa shape index (κ3) is 4.21. The highest BCUT2D eigenvalue weighted by molar-refractivity contribution is 5.76. The van der Waals surface area contributed by atoms with E-state index in [1.54, 1.807) is 0 Å². The van der Waals surface area contributed by atoms with Crippen LogP contribution in [0.3, 0.4) is 0 Å². The summed E-state index contributed by atoms with van der Waals surface area (Å²) in [5.41, 5.74) is 0. The lowest BCUT2D eigenvalue weighted by Gasteiger charge is -2.30. The molecule has 2 heterocycles. The number of carbonyl (C=O) groups is 1. The number of nitrogens with one attached hydrogen (secondary N) is 2. The Balaban J connectivity index is 1.42. The van der Waals surface area contributed by atoms with Gasteiger partial charge >= 0.3 is 0 Å². The summed E-state index contributed by atoms with van der Waals surface area (Å²) in [4.78, 5) is 12.4. The van der Waals surface area contributed by atoms with Crippen molar-refractivity contribution in [1.29, 1.82) is 0 Å². The second kappa shape index (κ2) is 7.13. The van der Waals surface area contributed by atoms with Crippen LogP contribution in [0.4, 0.5) is 0 Å². The van der Waals surface area contributed by atoms with Gasteiger partial charge in [0.05, 0.1) is 0 Å². The quantitative estimate of drug-likeness (QED) is 0.780. The van der Waals surface area contributed by atoms with Crippen molar-refractivity contribution in [2.24, 2.45) is 11.8 Å². The van der Waals surface area contributed by atoms with E-state index in [1.807, 2.05) is 0 Å². The summed E-state index contributed by atoms with van der Waals surface area (Å²) in [6.07, 6.45) is 13.9. The van der Waals surface area contributed by atoms with Gasteiger partial charge in [-0.1, -0.05) is 25.7 Å². The molecule has 2 bridgehead atoms. The van der Waals surface area contributed by atoms with Crippen LogP contribution in [0.5, 0.6) is 0 Å². The molecule has 21 heavy (non-hydrogen) atoms. The maximum absolute atomic E-state index is 12.4. The first-order valence-electron chi connectivity index (χ1n) is 9.26. The zero-order chi connectivity index (χ0) is 14.7. The van der Waals surface area contributed by atoms with Crippen LogP contribution < -0.4 is 10.6 Å². The van der Waals surface area contributed by atoms with Gasteiger partial charge in [-0.25, -0.2) is 0 Å². The van der Waals surface area contributed by atoms with Crippen LogP contribution in [0.15, 0.2) is 0 Å². The SMILES string of the molecule is C[C@H](NC(=O)CC1CC2CCC(C1)N2)C1CCCCCC1. The fraction of sp³-hybridized carbons (Fsp3) is 0.944. The molecule has 0 radical (unpaired) electrons. The van der Waals surface area contributed by atoms with Gasteiger partial charge in [0.15, 0.2) is 0 Å². The van der Waals surface area contributed by atoms with Crippen molar-refractivity contribution in [3.63, 3.8) is 0 Å². The van der Waals surface area contributed by atoms with Gasteiger partial charge in [-0.2, -0.15) is 0 Å². The third-order valence-electron chi connectivity index (χ3n) is 6.04. The molecule has 120 valence electrons. The first-order chi connectivity index (χ1) is 10.2. The minimum Gasteiger partial charge on any atom is -0.353 e. The van der Waals surface area contributed by atoms with Crippen LogP contribution in [0.25, 0.3) is 0 Å². The minimum atomic E-state index is 0.304. The highest BCUT2D eigenvalue weighted by Gasteiger charge is 2.34. The molecule has 1 saturated carbocycles. The van der Waals surface area contributed by atoms with E-state index in [0.29, 0.717) is 35.9 Å². The molecular formula is C18H32N2O. The summed E-state index contributed by atoms with van der Waals surface area (Å²) in [5, 5.41) is 6.98. The molecular weight excluding hydrogens is 260 g/mol. The summed E-state index contributed by atoms with van der Waals surface area (Å²) >= 11 is 0. The molecule has 0 aromatic carbocycles. The van der Waals surface area contributed by atoms with Crippen molar-refractivity contribution in [3.05, 3.63) is 0 Å². The van der Waals surface area contributed by atoms with Crippen LogP contribution in [0.1, 0.15) is 77.6 Å². The number of hydrogen-bond acceptors (Lipinski definition) is 2. The lowest BCUT2D eigenvalue weighted by Crippen LogP contribution is -2.42. The molecule has 2 N–H and O–H groups in total. The standard InChI is InChI=1S/C18H32N2O/c1-13(15-6-4-2-3-5-7-15)19-18(21)12-14-10-16-8-9-17(11-14)20-16/h13-17,20H,2-12H2,1H3,(H,19,21)/t13-,14?,16?,17?/m0/s1. The molecule has 1 amide bonds. The molecule has 3 atom stereocenters. The molecule has 0 aromatic rings. The molecule has 3 rings (SSSR count). The topological polar surface area (TPSA) is 41.1 Å². The Morgan fingerprint density at radius 2 is 1.67 bits per heavy atom. The van der Waals surface area contributed by atoms with Crippen molar-refractivity contribution in [2.45, 2.75) is 95.7 Å². The number of carbonyl (C=O) groups excluding carboxylic acids is 1. The molecule has 3 nitrogen and oxygen atoms in total. The minimum absolute atomic E-state index is 0.304. The zero-order valence-electron chi connectivity index (χ0n) is 13.6. The Morgan fingerprint density at radius 1 is 1.05 bits per heavy atom. The molecule has 2 aliphatic heterocycles. The van der Waals surface area contributed by atoms with Gasteiger partial charge in [-0.3, -0.25) is 4.79 Å². The van der Waals surface area contributed by atoms with E-state index >= 15 is 0 Å². The second-order valence-electron chi connectivity index (χ2n) is 7.79. The molecule has 2 saturated heterocycles. The van der Waals surface area contributed by atoms with Gasteiger partial charge in [0.1, 0.15) is 0 Å². The molecule has 2 unspecified atom stereocenters. The fourth-order valence-electron chi connectivity index (χ4n) is 4.85. The number of hydrogen-bond donors (Lipinski definition) is 2. The molecule has 3 fully saturated rings. The maximum Gasteiger partial charge on any atom is 0.220 e. The van der Waals surface area contributed by atoms with Crippen molar-refractivity contribution >= 4 is 5.91 Å². The van der Waals surface area contributed by atoms with Crippen molar-refractivity contribution < 1.29 is 4.79 Å². The van der Waals surface area contributed by atoms with E-state index in [0.717, 1.165) is 6.42 Å². The molecule has 3 aliphatic rings. The van der Waals surface area contributed by atoms with Crippen LogP contribution in [-0.4, -0.2) is 24.0 Å². The molecule has 3 heteroatoms.